The van der Waals surface area contributed by atoms with Gasteiger partial charge in [-0.05, 0) is 12.0 Å². The van der Waals surface area contributed by atoms with Gasteiger partial charge in [-0.1, -0.05) is 37.3 Å². The SMILES string of the molecule is CCC(C(=O)O)N1CCN(CC(O)c2ccccc2)CC1. The second kappa shape index (κ2) is 7.54. The molecule has 0 aliphatic carbocycles. The zero-order valence-electron chi connectivity index (χ0n) is 12.5. The quantitative estimate of drug-likeness (QED) is 0.825. The molecule has 1 saturated heterocycles. The molecule has 5 heteroatoms. The second-order valence-electron chi connectivity index (χ2n) is 5.53. The van der Waals surface area contributed by atoms with Crippen LogP contribution in [0.4, 0.5) is 0 Å². The van der Waals surface area contributed by atoms with E-state index in [-0.39, 0.29) is 6.04 Å². The number of hydrogen-bond acceptors (Lipinski definition) is 4. The van der Waals surface area contributed by atoms with Gasteiger partial charge in [0.1, 0.15) is 6.04 Å². The van der Waals surface area contributed by atoms with Crippen LogP contribution in [0.1, 0.15) is 25.0 Å². The van der Waals surface area contributed by atoms with Crippen LogP contribution in [-0.4, -0.2) is 64.7 Å². The molecule has 0 bridgehead atoms. The zero-order valence-corrected chi connectivity index (χ0v) is 12.5. The molecule has 0 spiro atoms. The molecule has 1 aliphatic rings. The highest BCUT2D eigenvalue weighted by Gasteiger charge is 2.27. The Balaban J connectivity index is 1.83. The lowest BCUT2D eigenvalue weighted by molar-refractivity contribution is -0.144. The highest BCUT2D eigenvalue weighted by atomic mass is 16.4. The maximum Gasteiger partial charge on any atom is 0.320 e. The molecule has 116 valence electrons. The Morgan fingerprint density at radius 3 is 2.33 bits per heavy atom. The van der Waals surface area contributed by atoms with Crippen molar-refractivity contribution in [3.63, 3.8) is 0 Å². The third kappa shape index (κ3) is 4.27. The van der Waals surface area contributed by atoms with Gasteiger partial charge in [0.15, 0.2) is 0 Å². The highest BCUT2D eigenvalue weighted by molar-refractivity contribution is 5.73. The molecule has 0 aromatic heterocycles. The summed E-state index contributed by atoms with van der Waals surface area (Å²) in [5, 5.41) is 19.4. The standard InChI is InChI=1S/C16H24N2O3/c1-2-14(16(20)21)18-10-8-17(9-11-18)12-15(19)13-6-4-3-5-7-13/h3-7,14-15,19H,2,8-12H2,1H3,(H,20,21). The van der Waals surface area contributed by atoms with Gasteiger partial charge in [-0.3, -0.25) is 14.6 Å². The molecule has 1 aromatic carbocycles. The lowest BCUT2D eigenvalue weighted by Crippen LogP contribution is -2.53. The lowest BCUT2D eigenvalue weighted by Gasteiger charge is -2.38. The summed E-state index contributed by atoms with van der Waals surface area (Å²) in [6.07, 6.45) is 0.140. The first-order chi connectivity index (χ1) is 10.1. The summed E-state index contributed by atoms with van der Waals surface area (Å²) in [5.74, 6) is -0.740. The average molecular weight is 292 g/mol. The average Bonchev–Trinajstić information content (AvgIpc) is 2.50. The first kappa shape index (κ1) is 15.9. The third-order valence-electron chi connectivity index (χ3n) is 4.13. The fraction of sp³-hybridized carbons (Fsp3) is 0.562. The molecule has 1 fully saturated rings. The Morgan fingerprint density at radius 1 is 1.19 bits per heavy atom. The van der Waals surface area contributed by atoms with Crippen LogP contribution in [0.25, 0.3) is 0 Å². The molecule has 2 atom stereocenters. The van der Waals surface area contributed by atoms with Crippen LogP contribution in [0.3, 0.4) is 0 Å². The van der Waals surface area contributed by atoms with Crippen LogP contribution < -0.4 is 0 Å². The summed E-state index contributed by atoms with van der Waals surface area (Å²) < 4.78 is 0. The molecular weight excluding hydrogens is 268 g/mol. The number of piperazine rings is 1. The van der Waals surface area contributed by atoms with E-state index in [0.29, 0.717) is 13.0 Å². The number of carbonyl (C=O) groups is 1. The van der Waals surface area contributed by atoms with E-state index in [0.717, 1.165) is 31.7 Å². The number of aliphatic hydroxyl groups excluding tert-OH is 1. The van der Waals surface area contributed by atoms with Gasteiger partial charge in [-0.25, -0.2) is 0 Å². The molecule has 0 amide bonds. The monoisotopic (exact) mass is 292 g/mol. The molecule has 0 saturated carbocycles. The largest absolute Gasteiger partial charge is 0.480 e. The number of aliphatic hydroxyl groups is 1. The van der Waals surface area contributed by atoms with Crippen molar-refractivity contribution >= 4 is 5.97 Å². The number of aliphatic carboxylic acids is 1. The molecule has 1 aliphatic heterocycles. The van der Waals surface area contributed by atoms with Crippen molar-refractivity contribution in [1.29, 1.82) is 0 Å². The van der Waals surface area contributed by atoms with Gasteiger partial charge < -0.3 is 10.2 Å². The zero-order chi connectivity index (χ0) is 15.2. The smallest absolute Gasteiger partial charge is 0.320 e. The van der Waals surface area contributed by atoms with Crippen LogP contribution in [0.15, 0.2) is 30.3 Å². The minimum Gasteiger partial charge on any atom is -0.480 e. The molecule has 2 rings (SSSR count). The van der Waals surface area contributed by atoms with Crippen LogP contribution >= 0.6 is 0 Å². The predicted octanol–water partition coefficient (Wildman–Crippen LogP) is 1.20. The molecule has 21 heavy (non-hydrogen) atoms. The van der Waals surface area contributed by atoms with Gasteiger partial charge in [-0.2, -0.15) is 0 Å². The highest BCUT2D eigenvalue weighted by Crippen LogP contribution is 2.16. The van der Waals surface area contributed by atoms with Gasteiger partial charge in [0.25, 0.3) is 0 Å². The van der Waals surface area contributed by atoms with Crippen molar-refractivity contribution < 1.29 is 15.0 Å². The van der Waals surface area contributed by atoms with Crippen molar-refractivity contribution in [2.24, 2.45) is 0 Å². The summed E-state index contributed by atoms with van der Waals surface area (Å²) in [4.78, 5) is 15.4. The van der Waals surface area contributed by atoms with Crippen LogP contribution in [0.2, 0.25) is 0 Å². The molecule has 0 radical (unpaired) electrons. The van der Waals surface area contributed by atoms with Gasteiger partial charge in [0.2, 0.25) is 0 Å². The van der Waals surface area contributed by atoms with E-state index in [2.05, 4.69) is 4.90 Å². The normalized spacial score (nSPS) is 20.1. The van der Waals surface area contributed by atoms with Gasteiger partial charge in [-0.15, -0.1) is 0 Å². The summed E-state index contributed by atoms with van der Waals surface area (Å²) in [7, 11) is 0. The van der Waals surface area contributed by atoms with E-state index in [1.165, 1.54) is 0 Å². The predicted molar refractivity (Wildman–Crippen MR) is 81.1 cm³/mol. The van der Waals surface area contributed by atoms with E-state index in [9.17, 15) is 15.0 Å². The first-order valence-corrected chi connectivity index (χ1v) is 7.54. The summed E-state index contributed by atoms with van der Waals surface area (Å²) in [6.45, 7) is 5.59. The van der Waals surface area contributed by atoms with Crippen LogP contribution in [0, 0.1) is 0 Å². The van der Waals surface area contributed by atoms with Gasteiger partial charge in [0, 0.05) is 32.7 Å². The van der Waals surface area contributed by atoms with E-state index in [1.807, 2.05) is 42.2 Å². The molecular formula is C16H24N2O3. The summed E-state index contributed by atoms with van der Waals surface area (Å²) in [5.41, 5.74) is 0.928. The molecule has 5 nitrogen and oxygen atoms in total. The Hall–Kier alpha value is -1.43. The number of carboxylic acid groups (broad SMARTS) is 1. The fourth-order valence-electron chi connectivity index (χ4n) is 2.87. The van der Waals surface area contributed by atoms with Crippen molar-refractivity contribution in [2.45, 2.75) is 25.5 Å². The van der Waals surface area contributed by atoms with Gasteiger partial charge in [0.05, 0.1) is 6.10 Å². The van der Waals surface area contributed by atoms with E-state index in [1.54, 1.807) is 0 Å². The number of rotatable bonds is 6. The van der Waals surface area contributed by atoms with Crippen molar-refractivity contribution in [3.05, 3.63) is 35.9 Å². The summed E-state index contributed by atoms with van der Waals surface area (Å²) in [6, 6.07) is 9.26. The minimum absolute atomic E-state index is 0.383. The fourth-order valence-corrected chi connectivity index (χ4v) is 2.87. The second-order valence-corrected chi connectivity index (χ2v) is 5.53. The number of benzene rings is 1. The molecule has 1 aromatic rings. The maximum atomic E-state index is 11.2. The lowest BCUT2D eigenvalue weighted by atomic mass is 10.1. The first-order valence-electron chi connectivity index (χ1n) is 7.54. The van der Waals surface area contributed by atoms with Crippen LogP contribution in [0.5, 0.6) is 0 Å². The molecule has 2 unspecified atom stereocenters. The minimum atomic E-state index is -0.740. The van der Waals surface area contributed by atoms with E-state index in [4.69, 9.17) is 0 Å². The number of hydrogen-bond donors (Lipinski definition) is 2. The number of carboxylic acids is 1. The van der Waals surface area contributed by atoms with Crippen LogP contribution in [-0.2, 0) is 4.79 Å². The van der Waals surface area contributed by atoms with E-state index >= 15 is 0 Å². The van der Waals surface area contributed by atoms with E-state index < -0.39 is 12.1 Å². The number of β-amino-alcohol motifs (C(OH)–C–C–N with tert-alkyl or cyclic N) is 1. The Bertz CT molecular complexity index is 444. The molecule has 2 N–H and O–H groups in total. The molecule has 1 heterocycles. The summed E-state index contributed by atoms with van der Waals surface area (Å²) >= 11 is 0. The third-order valence-corrected chi connectivity index (χ3v) is 4.13. The Morgan fingerprint density at radius 2 is 1.81 bits per heavy atom. The number of nitrogens with zero attached hydrogens (tertiary/aromatic N) is 2. The van der Waals surface area contributed by atoms with Crippen molar-refractivity contribution in [2.75, 3.05) is 32.7 Å². The maximum absolute atomic E-state index is 11.2. The van der Waals surface area contributed by atoms with Crippen molar-refractivity contribution in [3.8, 4) is 0 Å². The van der Waals surface area contributed by atoms with Crippen molar-refractivity contribution in [1.82, 2.24) is 9.80 Å². The van der Waals surface area contributed by atoms with Gasteiger partial charge >= 0.3 is 5.97 Å². The Kier molecular flexibility index (Phi) is 5.73. The topological polar surface area (TPSA) is 64.0 Å². The Labute approximate surface area is 125 Å².